The van der Waals surface area contributed by atoms with E-state index in [1.54, 1.807) is 12.3 Å². The van der Waals surface area contributed by atoms with E-state index in [9.17, 15) is 0 Å². The first-order chi connectivity index (χ1) is 14.5. The van der Waals surface area contributed by atoms with E-state index in [0.29, 0.717) is 32.9 Å². The van der Waals surface area contributed by atoms with E-state index < -0.39 is 0 Å². The van der Waals surface area contributed by atoms with Crippen LogP contribution in [0.25, 0.3) is 0 Å². The topological polar surface area (TPSA) is 56.3 Å². The van der Waals surface area contributed by atoms with E-state index >= 15 is 0 Å². The summed E-state index contributed by atoms with van der Waals surface area (Å²) >= 11 is 18.7. The van der Waals surface area contributed by atoms with E-state index in [-0.39, 0.29) is 6.04 Å². The van der Waals surface area contributed by atoms with Gasteiger partial charge in [-0.05, 0) is 44.0 Å². The molecule has 4 rings (SSSR count). The summed E-state index contributed by atoms with van der Waals surface area (Å²) < 4.78 is 0. The van der Waals surface area contributed by atoms with Crippen LogP contribution in [0.2, 0.25) is 15.1 Å². The molecular formula is C21H27Cl3N6. The van der Waals surface area contributed by atoms with Gasteiger partial charge in [-0.3, -0.25) is 4.90 Å². The minimum Gasteiger partial charge on any atom is -0.362 e. The monoisotopic (exact) mass is 468 g/mol. The summed E-state index contributed by atoms with van der Waals surface area (Å²) in [7, 11) is 0. The van der Waals surface area contributed by atoms with Crippen molar-refractivity contribution in [1.29, 1.82) is 0 Å². The van der Waals surface area contributed by atoms with Crippen LogP contribution in [0.1, 0.15) is 31.4 Å². The fourth-order valence-corrected chi connectivity index (χ4v) is 4.90. The van der Waals surface area contributed by atoms with Gasteiger partial charge in [-0.15, -0.1) is 0 Å². The highest BCUT2D eigenvalue weighted by Gasteiger charge is 2.26. The maximum absolute atomic E-state index is 6.38. The molecule has 2 aromatic rings. The zero-order chi connectivity index (χ0) is 21.1. The maximum Gasteiger partial charge on any atom is 0.227 e. The van der Waals surface area contributed by atoms with Crippen LogP contribution in [0.4, 0.5) is 11.8 Å². The second kappa shape index (κ2) is 9.88. The zero-order valence-corrected chi connectivity index (χ0v) is 19.3. The number of hydrogen-bond donors (Lipinski definition) is 2. The van der Waals surface area contributed by atoms with Gasteiger partial charge in [0.05, 0.1) is 12.2 Å². The Morgan fingerprint density at radius 2 is 1.93 bits per heavy atom. The fraction of sp³-hybridized carbons (Fsp3) is 0.524. The first-order valence-corrected chi connectivity index (χ1v) is 11.6. The van der Waals surface area contributed by atoms with Gasteiger partial charge in [0, 0.05) is 48.8 Å². The highest BCUT2D eigenvalue weighted by Crippen LogP contribution is 2.30. The number of anilines is 2. The number of nitrogens with zero attached hydrogens (tertiary/aromatic N) is 4. The Morgan fingerprint density at radius 3 is 2.63 bits per heavy atom. The number of nitrogens with one attached hydrogen (secondary N) is 2. The van der Waals surface area contributed by atoms with Crippen molar-refractivity contribution in [2.75, 3.05) is 49.5 Å². The molecule has 1 aromatic carbocycles. The summed E-state index contributed by atoms with van der Waals surface area (Å²) in [6.07, 6.45) is 4.21. The van der Waals surface area contributed by atoms with Crippen LogP contribution in [0.5, 0.6) is 0 Å². The van der Waals surface area contributed by atoms with Crippen LogP contribution in [0.3, 0.4) is 0 Å². The van der Waals surface area contributed by atoms with E-state index in [4.69, 9.17) is 39.8 Å². The molecule has 9 heteroatoms. The van der Waals surface area contributed by atoms with E-state index in [2.05, 4.69) is 25.4 Å². The van der Waals surface area contributed by atoms with Gasteiger partial charge in [0.25, 0.3) is 0 Å². The van der Waals surface area contributed by atoms with Crippen molar-refractivity contribution >= 4 is 46.6 Å². The molecule has 3 heterocycles. The van der Waals surface area contributed by atoms with Crippen molar-refractivity contribution in [3.8, 4) is 0 Å². The fourth-order valence-electron chi connectivity index (χ4n) is 4.18. The molecule has 0 bridgehead atoms. The summed E-state index contributed by atoms with van der Waals surface area (Å²) in [6.45, 7) is 8.13. The van der Waals surface area contributed by atoms with Crippen LogP contribution in [0.15, 0.2) is 24.4 Å². The number of hydrogen-bond acceptors (Lipinski definition) is 6. The molecule has 2 N–H and O–H groups in total. The van der Waals surface area contributed by atoms with Crippen LogP contribution >= 0.6 is 34.8 Å². The van der Waals surface area contributed by atoms with Crippen molar-refractivity contribution in [2.24, 2.45) is 0 Å². The lowest BCUT2D eigenvalue weighted by atomic mass is 10.1. The van der Waals surface area contributed by atoms with Gasteiger partial charge < -0.3 is 15.5 Å². The number of halogens is 3. The minimum atomic E-state index is -0.0781. The Labute approximate surface area is 192 Å². The smallest absolute Gasteiger partial charge is 0.227 e. The third-order valence-corrected chi connectivity index (χ3v) is 6.74. The van der Waals surface area contributed by atoms with Crippen molar-refractivity contribution < 1.29 is 0 Å². The number of rotatable bonds is 5. The van der Waals surface area contributed by atoms with Crippen LogP contribution in [-0.4, -0.2) is 60.2 Å². The molecule has 162 valence electrons. The molecule has 0 saturated carbocycles. The van der Waals surface area contributed by atoms with Crippen molar-refractivity contribution in [3.63, 3.8) is 0 Å². The average molecular weight is 470 g/mol. The standard InChI is InChI=1S/C21H27Cl3N6/c1-14(17-5-4-15(22)11-18(17)23)27-20-19(24)13-26-21(28-20)30-9-7-29(8-10-30)16-3-2-6-25-12-16/h4-5,11,13-14,16,25H,2-3,6-10,12H2,1H3,(H,26,27,28)/t14-,16?/m1/s1. The number of piperidine rings is 1. The van der Waals surface area contributed by atoms with Gasteiger partial charge in [-0.2, -0.15) is 4.98 Å². The van der Waals surface area contributed by atoms with Crippen molar-refractivity contribution in [1.82, 2.24) is 20.2 Å². The van der Waals surface area contributed by atoms with Crippen molar-refractivity contribution in [2.45, 2.75) is 31.8 Å². The predicted molar refractivity (Wildman–Crippen MR) is 125 cm³/mol. The Kier molecular flexibility index (Phi) is 7.21. The average Bonchev–Trinajstić information content (AvgIpc) is 2.76. The van der Waals surface area contributed by atoms with E-state index in [1.165, 1.54) is 12.8 Å². The third-order valence-electron chi connectivity index (χ3n) is 5.90. The quantitative estimate of drug-likeness (QED) is 0.673. The normalized spacial score (nSPS) is 21.5. The van der Waals surface area contributed by atoms with Gasteiger partial charge >= 0.3 is 0 Å². The molecule has 0 amide bonds. The molecule has 2 saturated heterocycles. The molecule has 0 aliphatic carbocycles. The van der Waals surface area contributed by atoms with Gasteiger partial charge in [0.1, 0.15) is 5.02 Å². The zero-order valence-electron chi connectivity index (χ0n) is 17.0. The van der Waals surface area contributed by atoms with E-state index in [0.717, 1.165) is 44.8 Å². The van der Waals surface area contributed by atoms with Gasteiger partial charge in [0.2, 0.25) is 5.95 Å². The SMILES string of the molecule is C[C@@H](Nc1nc(N2CCN(C3CCCNC3)CC2)ncc1Cl)c1ccc(Cl)cc1Cl. The summed E-state index contributed by atoms with van der Waals surface area (Å²) in [4.78, 5) is 14.0. The molecule has 2 fully saturated rings. The number of piperazine rings is 1. The largest absolute Gasteiger partial charge is 0.362 e. The minimum absolute atomic E-state index is 0.0781. The van der Waals surface area contributed by atoms with Crippen LogP contribution < -0.4 is 15.5 Å². The van der Waals surface area contributed by atoms with E-state index in [1.807, 2.05) is 19.1 Å². The second-order valence-electron chi connectivity index (χ2n) is 7.92. The molecule has 2 atom stereocenters. The molecule has 0 radical (unpaired) electrons. The van der Waals surface area contributed by atoms with Crippen LogP contribution in [-0.2, 0) is 0 Å². The Balaban J connectivity index is 1.42. The Morgan fingerprint density at radius 1 is 1.13 bits per heavy atom. The predicted octanol–water partition coefficient (Wildman–Crippen LogP) is 4.48. The Hall–Kier alpha value is -1.31. The second-order valence-corrected chi connectivity index (χ2v) is 9.17. The lowest BCUT2D eigenvalue weighted by Gasteiger charge is -2.40. The molecule has 1 aromatic heterocycles. The first-order valence-electron chi connectivity index (χ1n) is 10.4. The molecular weight excluding hydrogens is 443 g/mol. The van der Waals surface area contributed by atoms with Gasteiger partial charge in [0.15, 0.2) is 5.82 Å². The van der Waals surface area contributed by atoms with Gasteiger partial charge in [-0.25, -0.2) is 4.98 Å². The Bertz CT molecular complexity index is 866. The van der Waals surface area contributed by atoms with Crippen molar-refractivity contribution in [3.05, 3.63) is 45.0 Å². The number of benzene rings is 1. The third kappa shape index (κ3) is 5.11. The number of aromatic nitrogens is 2. The summed E-state index contributed by atoms with van der Waals surface area (Å²) in [5.74, 6) is 1.32. The summed E-state index contributed by atoms with van der Waals surface area (Å²) in [5, 5.41) is 8.59. The molecule has 1 unspecified atom stereocenters. The van der Waals surface area contributed by atoms with Crippen LogP contribution in [0, 0.1) is 0 Å². The molecule has 2 aliphatic heterocycles. The lowest BCUT2D eigenvalue weighted by Crippen LogP contribution is -2.54. The first kappa shape index (κ1) is 21.9. The maximum atomic E-state index is 6.38. The summed E-state index contributed by atoms with van der Waals surface area (Å²) in [5.41, 5.74) is 0.937. The highest BCUT2D eigenvalue weighted by molar-refractivity contribution is 6.35. The summed E-state index contributed by atoms with van der Waals surface area (Å²) in [6, 6.07) is 6.05. The molecule has 0 spiro atoms. The molecule has 6 nitrogen and oxygen atoms in total. The highest BCUT2D eigenvalue weighted by atomic mass is 35.5. The lowest BCUT2D eigenvalue weighted by molar-refractivity contribution is 0.157. The molecule has 30 heavy (non-hydrogen) atoms. The van der Waals surface area contributed by atoms with Gasteiger partial charge in [-0.1, -0.05) is 40.9 Å². The molecule has 2 aliphatic rings.